The molecule has 37 heavy (non-hydrogen) atoms. The van der Waals surface area contributed by atoms with E-state index >= 15 is 0 Å². The van der Waals surface area contributed by atoms with Gasteiger partial charge in [-0.3, -0.25) is 4.57 Å². The third-order valence-electron chi connectivity index (χ3n) is 5.86. The molecule has 2 heterocycles. The molecule has 1 aliphatic rings. The van der Waals surface area contributed by atoms with Gasteiger partial charge in [-0.2, -0.15) is 23.4 Å². The number of hydrogen-bond acceptors (Lipinski definition) is 6. The highest BCUT2D eigenvalue weighted by Gasteiger charge is 2.30. The average Bonchev–Trinajstić information content (AvgIpc) is 2.88. The van der Waals surface area contributed by atoms with Crippen LogP contribution in [0.15, 0.2) is 71.5 Å². The molecule has 0 spiro atoms. The van der Waals surface area contributed by atoms with Crippen molar-refractivity contribution in [2.24, 2.45) is 0 Å². The van der Waals surface area contributed by atoms with Crippen molar-refractivity contribution >= 4 is 0 Å². The molecule has 0 unspecified atom stereocenters. The van der Waals surface area contributed by atoms with E-state index in [9.17, 15) is 23.2 Å². The largest absolute Gasteiger partial charge is 0.497 e. The van der Waals surface area contributed by atoms with Crippen molar-refractivity contribution in [1.82, 2.24) is 9.55 Å². The van der Waals surface area contributed by atoms with Crippen LogP contribution >= 0.6 is 0 Å². The van der Waals surface area contributed by atoms with E-state index < -0.39 is 17.4 Å². The number of hydrogen-bond donors (Lipinski definition) is 0. The van der Waals surface area contributed by atoms with Gasteiger partial charge in [-0.05, 0) is 60.5 Å². The summed E-state index contributed by atoms with van der Waals surface area (Å²) in [6.45, 7) is 0.460. The minimum Gasteiger partial charge on any atom is -0.497 e. The second kappa shape index (κ2) is 9.35. The van der Waals surface area contributed by atoms with Crippen LogP contribution in [-0.2, 0) is 19.1 Å². The first kappa shape index (κ1) is 23.9. The number of fused-ring (bicyclic) bond motifs is 3. The first-order chi connectivity index (χ1) is 17.7. The highest BCUT2D eigenvalue weighted by Crippen LogP contribution is 2.36. The lowest BCUT2D eigenvalue weighted by Gasteiger charge is -2.22. The van der Waals surface area contributed by atoms with Gasteiger partial charge in [0.1, 0.15) is 29.1 Å². The lowest BCUT2D eigenvalue weighted by Crippen LogP contribution is -2.28. The van der Waals surface area contributed by atoms with Crippen molar-refractivity contribution < 1.29 is 27.4 Å². The first-order valence-electron chi connectivity index (χ1n) is 11.1. The van der Waals surface area contributed by atoms with E-state index in [2.05, 4.69) is 4.98 Å². The molecule has 0 N–H and O–H groups in total. The Labute approximate surface area is 208 Å². The van der Waals surface area contributed by atoms with Crippen LogP contribution in [0.25, 0.3) is 11.3 Å². The van der Waals surface area contributed by atoms with E-state index in [0.717, 1.165) is 29.0 Å². The summed E-state index contributed by atoms with van der Waals surface area (Å²) in [7, 11) is 1.59. The van der Waals surface area contributed by atoms with Crippen molar-refractivity contribution in [3.05, 3.63) is 93.9 Å². The second-order valence-electron chi connectivity index (χ2n) is 8.19. The van der Waals surface area contributed by atoms with Gasteiger partial charge in [0.15, 0.2) is 0 Å². The minimum atomic E-state index is -4.53. The Hall–Kier alpha value is -4.78. The number of benzene rings is 3. The van der Waals surface area contributed by atoms with E-state index in [4.69, 9.17) is 14.2 Å². The highest BCUT2D eigenvalue weighted by atomic mass is 19.4. The van der Waals surface area contributed by atoms with Crippen LogP contribution in [0.1, 0.15) is 16.7 Å². The highest BCUT2D eigenvalue weighted by molar-refractivity contribution is 5.67. The molecule has 0 aliphatic carbocycles. The number of halogens is 3. The molecule has 0 radical (unpaired) electrons. The maximum atomic E-state index is 13.0. The van der Waals surface area contributed by atoms with Crippen LogP contribution in [0, 0.1) is 11.3 Å². The Kier molecular flexibility index (Phi) is 6.05. The van der Waals surface area contributed by atoms with Crippen LogP contribution in [0.2, 0.25) is 0 Å². The molecule has 0 fully saturated rings. The summed E-state index contributed by atoms with van der Waals surface area (Å²) in [5, 5.41) is 9.58. The van der Waals surface area contributed by atoms with Crippen molar-refractivity contribution in [1.29, 1.82) is 5.26 Å². The van der Waals surface area contributed by atoms with E-state index in [1.165, 1.54) is 30.3 Å². The van der Waals surface area contributed by atoms with Crippen LogP contribution in [-0.4, -0.2) is 16.7 Å². The van der Waals surface area contributed by atoms with Gasteiger partial charge in [0.2, 0.25) is 5.88 Å². The predicted octanol–water partition coefficient (Wildman–Crippen LogP) is 5.95. The Bertz CT molecular complexity index is 1610. The van der Waals surface area contributed by atoms with Gasteiger partial charge in [-0.15, -0.1) is 0 Å². The predicted molar refractivity (Wildman–Crippen MR) is 127 cm³/mol. The summed E-state index contributed by atoms with van der Waals surface area (Å²) in [5.41, 5.74) is 1.22. The molecule has 0 saturated carbocycles. The van der Waals surface area contributed by atoms with Gasteiger partial charge >= 0.3 is 11.9 Å². The zero-order chi connectivity index (χ0) is 26.2. The first-order valence-corrected chi connectivity index (χ1v) is 11.1. The van der Waals surface area contributed by atoms with Crippen molar-refractivity contribution in [2.75, 3.05) is 7.11 Å². The zero-order valence-corrected chi connectivity index (χ0v) is 19.4. The monoisotopic (exact) mass is 505 g/mol. The fourth-order valence-corrected chi connectivity index (χ4v) is 4.09. The Morgan fingerprint density at radius 3 is 2.51 bits per heavy atom. The standard InChI is InChI=1S/C27H18F3N3O4/c1-35-19-5-7-22-16(11-19)9-10-33-23(22)14-25(32-26(33)34)37-21-6-8-24(17(12-21)15-31)36-20-4-2-3-18(13-20)27(28,29)30/h2-8,11-14H,9-10H2,1H3. The maximum absolute atomic E-state index is 13.0. The summed E-state index contributed by atoms with van der Waals surface area (Å²) < 4.78 is 57.2. The average molecular weight is 505 g/mol. The molecule has 0 bridgehead atoms. The number of aryl methyl sites for hydroxylation is 1. The summed E-state index contributed by atoms with van der Waals surface area (Å²) in [5.74, 6) is 0.942. The molecule has 3 aromatic carbocycles. The summed E-state index contributed by atoms with van der Waals surface area (Å²) >= 11 is 0. The number of ether oxygens (including phenoxy) is 3. The minimum absolute atomic E-state index is 0.0297. The number of methoxy groups -OCH3 is 1. The van der Waals surface area contributed by atoms with Gasteiger partial charge in [-0.1, -0.05) is 6.07 Å². The molecule has 4 aromatic rings. The Morgan fingerprint density at radius 1 is 0.973 bits per heavy atom. The van der Waals surface area contributed by atoms with E-state index in [1.807, 2.05) is 24.3 Å². The lowest BCUT2D eigenvalue weighted by molar-refractivity contribution is -0.137. The van der Waals surface area contributed by atoms with Gasteiger partial charge in [0, 0.05) is 24.2 Å². The van der Waals surface area contributed by atoms with Crippen LogP contribution < -0.4 is 19.9 Å². The summed E-state index contributed by atoms with van der Waals surface area (Å²) in [6, 6.07) is 17.8. The van der Waals surface area contributed by atoms with Gasteiger partial charge in [-0.25, -0.2) is 4.79 Å². The quantitative estimate of drug-likeness (QED) is 0.333. The maximum Gasteiger partial charge on any atom is 0.416 e. The lowest BCUT2D eigenvalue weighted by atomic mass is 9.97. The molecule has 10 heteroatoms. The molecular formula is C27H18F3N3O4. The van der Waals surface area contributed by atoms with E-state index in [0.29, 0.717) is 18.7 Å². The van der Waals surface area contributed by atoms with Crippen LogP contribution in [0.4, 0.5) is 13.2 Å². The number of alkyl halides is 3. The summed E-state index contributed by atoms with van der Waals surface area (Å²) in [6.07, 6.45) is -3.87. The van der Waals surface area contributed by atoms with Crippen molar-refractivity contribution in [3.8, 4) is 46.2 Å². The van der Waals surface area contributed by atoms with Gasteiger partial charge in [0.25, 0.3) is 0 Å². The zero-order valence-electron chi connectivity index (χ0n) is 19.4. The second-order valence-corrected chi connectivity index (χ2v) is 8.19. The normalized spacial score (nSPS) is 12.2. The number of nitrogens with zero attached hydrogens (tertiary/aromatic N) is 3. The van der Waals surface area contributed by atoms with Gasteiger partial charge < -0.3 is 14.2 Å². The third kappa shape index (κ3) is 4.84. The van der Waals surface area contributed by atoms with Crippen LogP contribution in [0.3, 0.4) is 0 Å². The SMILES string of the molecule is COc1ccc2c(c1)CCn1c-2cc(Oc2ccc(Oc3cccc(C(F)(F)F)c3)c(C#N)c2)nc1=O. The third-order valence-corrected chi connectivity index (χ3v) is 5.86. The molecule has 186 valence electrons. The van der Waals surface area contributed by atoms with E-state index in [1.54, 1.807) is 17.7 Å². The fraction of sp³-hybridized carbons (Fsp3) is 0.148. The summed E-state index contributed by atoms with van der Waals surface area (Å²) in [4.78, 5) is 16.7. The molecule has 0 amide bonds. The Balaban J connectivity index is 1.43. The Morgan fingerprint density at radius 2 is 1.76 bits per heavy atom. The molecular weight excluding hydrogens is 487 g/mol. The smallest absolute Gasteiger partial charge is 0.416 e. The topological polar surface area (TPSA) is 86.4 Å². The molecule has 1 aromatic heterocycles. The molecule has 5 rings (SSSR count). The fourth-order valence-electron chi connectivity index (χ4n) is 4.09. The number of nitriles is 1. The van der Waals surface area contributed by atoms with E-state index in [-0.39, 0.29) is 28.7 Å². The molecule has 7 nitrogen and oxygen atoms in total. The van der Waals surface area contributed by atoms with Crippen molar-refractivity contribution in [3.63, 3.8) is 0 Å². The molecule has 0 saturated heterocycles. The molecule has 1 aliphatic heterocycles. The van der Waals surface area contributed by atoms with Gasteiger partial charge in [0.05, 0.1) is 23.9 Å². The molecule has 0 atom stereocenters. The number of rotatable bonds is 5. The van der Waals surface area contributed by atoms with Crippen molar-refractivity contribution in [2.45, 2.75) is 19.1 Å². The van der Waals surface area contributed by atoms with Crippen LogP contribution in [0.5, 0.6) is 28.9 Å². The number of aromatic nitrogens is 2.